The molecule has 1 aliphatic heterocycles. The Hall–Kier alpha value is -2.14. The van der Waals surface area contributed by atoms with Gasteiger partial charge in [-0.25, -0.2) is 0 Å². The predicted octanol–water partition coefficient (Wildman–Crippen LogP) is 2.09. The number of nitrogens with one attached hydrogen (secondary N) is 1. The van der Waals surface area contributed by atoms with Crippen molar-refractivity contribution in [2.45, 2.75) is 19.8 Å². The van der Waals surface area contributed by atoms with Gasteiger partial charge in [-0.15, -0.1) is 0 Å². The van der Waals surface area contributed by atoms with E-state index in [1.165, 1.54) is 6.07 Å². The van der Waals surface area contributed by atoms with Gasteiger partial charge in [0.25, 0.3) is 5.91 Å². The van der Waals surface area contributed by atoms with E-state index in [1.807, 2.05) is 29.2 Å². The number of carbonyl (C=O) groups excluding carboxylic acids is 1. The smallest absolute Gasteiger partial charge is 0.254 e. The van der Waals surface area contributed by atoms with Gasteiger partial charge in [-0.1, -0.05) is 25.1 Å². The van der Waals surface area contributed by atoms with Crippen LogP contribution in [-0.4, -0.2) is 53.4 Å². The van der Waals surface area contributed by atoms with E-state index in [1.54, 1.807) is 0 Å². The summed E-state index contributed by atoms with van der Waals surface area (Å²) in [5.74, 6) is -0.0364. The summed E-state index contributed by atoms with van der Waals surface area (Å²) in [5, 5.41) is 0.812. The van der Waals surface area contributed by atoms with Crippen molar-refractivity contribution in [3.8, 4) is 0 Å². The molecule has 1 fully saturated rings. The van der Waals surface area contributed by atoms with Crippen LogP contribution in [0.15, 0.2) is 35.1 Å². The van der Waals surface area contributed by atoms with E-state index in [4.69, 9.17) is 0 Å². The van der Waals surface area contributed by atoms with E-state index < -0.39 is 0 Å². The van der Waals surface area contributed by atoms with Gasteiger partial charge in [0.15, 0.2) is 0 Å². The number of amides is 1. The molecule has 23 heavy (non-hydrogen) atoms. The molecular formula is C18H23N3O2. The number of fused-ring (bicyclic) bond motifs is 1. The molecule has 1 aromatic heterocycles. The van der Waals surface area contributed by atoms with Crippen molar-refractivity contribution in [3.63, 3.8) is 0 Å². The van der Waals surface area contributed by atoms with Crippen LogP contribution < -0.4 is 5.56 Å². The lowest BCUT2D eigenvalue weighted by Gasteiger charge is -2.22. The molecule has 0 radical (unpaired) electrons. The zero-order chi connectivity index (χ0) is 16.2. The molecule has 1 amide bonds. The summed E-state index contributed by atoms with van der Waals surface area (Å²) in [7, 11) is 0. The van der Waals surface area contributed by atoms with Gasteiger partial charge < -0.3 is 14.8 Å². The first kappa shape index (κ1) is 15.7. The van der Waals surface area contributed by atoms with Crippen LogP contribution in [0.2, 0.25) is 0 Å². The fraction of sp³-hybridized carbons (Fsp3) is 0.444. The van der Waals surface area contributed by atoms with E-state index in [0.717, 1.165) is 51.0 Å². The van der Waals surface area contributed by atoms with Gasteiger partial charge in [-0.2, -0.15) is 0 Å². The second kappa shape index (κ2) is 6.96. The van der Waals surface area contributed by atoms with E-state index in [2.05, 4.69) is 16.8 Å². The Morgan fingerprint density at radius 2 is 2.00 bits per heavy atom. The van der Waals surface area contributed by atoms with Gasteiger partial charge in [0, 0.05) is 36.6 Å². The van der Waals surface area contributed by atoms with Gasteiger partial charge in [-0.05, 0) is 32.0 Å². The second-order valence-corrected chi connectivity index (χ2v) is 6.08. The summed E-state index contributed by atoms with van der Waals surface area (Å²) in [4.78, 5) is 31.9. The van der Waals surface area contributed by atoms with Crippen LogP contribution in [0.1, 0.15) is 30.1 Å². The van der Waals surface area contributed by atoms with Gasteiger partial charge in [0.1, 0.15) is 0 Å². The third-order valence-electron chi connectivity index (χ3n) is 4.40. The Labute approximate surface area is 135 Å². The fourth-order valence-electron chi connectivity index (χ4n) is 3.27. The summed E-state index contributed by atoms with van der Waals surface area (Å²) < 4.78 is 0. The van der Waals surface area contributed by atoms with Crippen LogP contribution in [0.25, 0.3) is 10.9 Å². The zero-order valence-corrected chi connectivity index (χ0v) is 13.5. The number of nitrogens with zero attached hydrogens (tertiary/aromatic N) is 2. The summed E-state index contributed by atoms with van der Waals surface area (Å²) in [6.45, 7) is 6.67. The van der Waals surface area contributed by atoms with E-state index in [0.29, 0.717) is 11.1 Å². The molecule has 122 valence electrons. The molecule has 0 spiro atoms. The largest absolute Gasteiger partial charge is 0.337 e. The van der Waals surface area contributed by atoms with Crippen molar-refractivity contribution in [1.82, 2.24) is 14.8 Å². The number of pyridine rings is 1. The highest BCUT2D eigenvalue weighted by molar-refractivity contribution is 6.05. The fourth-order valence-corrected chi connectivity index (χ4v) is 3.27. The molecule has 2 aromatic rings. The van der Waals surface area contributed by atoms with Crippen LogP contribution in [0.4, 0.5) is 0 Å². The summed E-state index contributed by atoms with van der Waals surface area (Å²) in [5.41, 5.74) is 0.994. The minimum absolute atomic E-state index is 0.0364. The standard InChI is InChI=1S/C18H23N3O2/c1-2-8-20-9-5-10-21(12-11-20)18(23)15-13-17(22)19-16-7-4-3-6-14(15)16/h3-4,6-7,13H,2,5,8-12H2,1H3,(H,19,22). The molecule has 3 rings (SSSR count). The van der Waals surface area contributed by atoms with Gasteiger partial charge >= 0.3 is 0 Å². The highest BCUT2D eigenvalue weighted by Gasteiger charge is 2.21. The quantitative estimate of drug-likeness (QED) is 0.944. The number of aromatic nitrogens is 1. The minimum atomic E-state index is -0.227. The molecule has 0 saturated carbocycles. The lowest BCUT2D eigenvalue weighted by molar-refractivity contribution is 0.0763. The average molecular weight is 313 g/mol. The molecule has 1 saturated heterocycles. The van der Waals surface area contributed by atoms with Crippen molar-refractivity contribution in [1.29, 1.82) is 0 Å². The zero-order valence-electron chi connectivity index (χ0n) is 13.5. The number of para-hydroxylation sites is 1. The topological polar surface area (TPSA) is 56.4 Å². The normalized spacial score (nSPS) is 16.5. The summed E-state index contributed by atoms with van der Waals surface area (Å²) in [6, 6.07) is 8.90. The number of aromatic amines is 1. The third-order valence-corrected chi connectivity index (χ3v) is 4.40. The number of hydrogen-bond acceptors (Lipinski definition) is 3. The molecule has 2 heterocycles. The maximum absolute atomic E-state index is 12.9. The maximum Gasteiger partial charge on any atom is 0.254 e. The van der Waals surface area contributed by atoms with Crippen molar-refractivity contribution in [2.24, 2.45) is 0 Å². The van der Waals surface area contributed by atoms with E-state index in [9.17, 15) is 9.59 Å². The number of benzene rings is 1. The van der Waals surface area contributed by atoms with Crippen LogP contribution in [0.3, 0.4) is 0 Å². The number of carbonyl (C=O) groups is 1. The minimum Gasteiger partial charge on any atom is -0.337 e. The lowest BCUT2D eigenvalue weighted by atomic mass is 10.1. The van der Waals surface area contributed by atoms with Crippen LogP contribution in [-0.2, 0) is 0 Å². The number of hydrogen-bond donors (Lipinski definition) is 1. The molecule has 1 aromatic carbocycles. The third kappa shape index (κ3) is 3.45. The molecule has 0 atom stereocenters. The summed E-state index contributed by atoms with van der Waals surface area (Å²) >= 11 is 0. The summed E-state index contributed by atoms with van der Waals surface area (Å²) in [6.07, 6.45) is 2.11. The molecule has 5 nitrogen and oxygen atoms in total. The molecular weight excluding hydrogens is 290 g/mol. The van der Waals surface area contributed by atoms with Gasteiger partial charge in [0.2, 0.25) is 5.56 Å². The van der Waals surface area contributed by atoms with Crippen molar-refractivity contribution < 1.29 is 4.79 Å². The van der Waals surface area contributed by atoms with Crippen molar-refractivity contribution >= 4 is 16.8 Å². The monoisotopic (exact) mass is 313 g/mol. The first-order chi connectivity index (χ1) is 11.2. The highest BCUT2D eigenvalue weighted by atomic mass is 16.2. The molecule has 0 bridgehead atoms. The van der Waals surface area contributed by atoms with Crippen LogP contribution >= 0.6 is 0 Å². The van der Waals surface area contributed by atoms with Crippen LogP contribution in [0.5, 0.6) is 0 Å². The Kier molecular flexibility index (Phi) is 4.76. The SMILES string of the molecule is CCCN1CCCN(C(=O)c2cc(=O)[nH]c3ccccc23)CC1. The van der Waals surface area contributed by atoms with Gasteiger partial charge in [0.05, 0.1) is 5.56 Å². The van der Waals surface area contributed by atoms with Crippen molar-refractivity contribution in [2.75, 3.05) is 32.7 Å². The maximum atomic E-state index is 12.9. The second-order valence-electron chi connectivity index (χ2n) is 6.08. The molecule has 0 unspecified atom stereocenters. The van der Waals surface area contributed by atoms with Crippen molar-refractivity contribution in [3.05, 3.63) is 46.2 Å². The molecule has 1 N–H and O–H groups in total. The Bertz CT molecular complexity index is 753. The number of H-pyrrole nitrogens is 1. The van der Waals surface area contributed by atoms with Crippen LogP contribution in [0, 0.1) is 0 Å². The molecule has 0 aliphatic carbocycles. The number of rotatable bonds is 3. The Balaban J connectivity index is 1.87. The van der Waals surface area contributed by atoms with Gasteiger partial charge in [-0.3, -0.25) is 9.59 Å². The molecule has 5 heteroatoms. The Morgan fingerprint density at radius 1 is 1.17 bits per heavy atom. The first-order valence-electron chi connectivity index (χ1n) is 8.32. The highest BCUT2D eigenvalue weighted by Crippen LogP contribution is 2.17. The van der Waals surface area contributed by atoms with E-state index >= 15 is 0 Å². The lowest BCUT2D eigenvalue weighted by Crippen LogP contribution is -2.36. The predicted molar refractivity (Wildman–Crippen MR) is 91.8 cm³/mol. The average Bonchev–Trinajstić information content (AvgIpc) is 2.79. The van der Waals surface area contributed by atoms with E-state index in [-0.39, 0.29) is 11.5 Å². The molecule has 1 aliphatic rings. The Morgan fingerprint density at radius 3 is 2.83 bits per heavy atom. The first-order valence-corrected chi connectivity index (χ1v) is 8.32.